The summed E-state index contributed by atoms with van der Waals surface area (Å²) in [6, 6.07) is 22.3. The van der Waals surface area contributed by atoms with E-state index >= 15 is 0 Å². The van der Waals surface area contributed by atoms with Crippen LogP contribution in [0, 0.1) is 5.82 Å². The highest BCUT2D eigenvalue weighted by Crippen LogP contribution is 2.27. The number of thioether (sulfide) groups is 1. The number of Topliss-reactive ketones (excluding diaryl/α,β-unsaturated/α-hetero) is 1. The summed E-state index contributed by atoms with van der Waals surface area (Å²) in [7, 11) is 0. The van der Waals surface area contributed by atoms with Crippen LogP contribution in [-0.2, 0) is 11.4 Å². The number of halogens is 1. The largest absolute Gasteiger partial charge is 0.483 e. The molecule has 1 unspecified atom stereocenters. The molecule has 0 bridgehead atoms. The van der Waals surface area contributed by atoms with Crippen LogP contribution in [0.15, 0.2) is 84.0 Å². The SMILES string of the molecule is CC(=O)c1ccc(NC(=O)C(C)Sc2nnc(COc3ccccc3F)n2-c2ccccc2)cc1. The van der Waals surface area contributed by atoms with E-state index in [9.17, 15) is 14.0 Å². The van der Waals surface area contributed by atoms with Gasteiger partial charge in [0.25, 0.3) is 0 Å². The van der Waals surface area contributed by atoms with Gasteiger partial charge in [-0.2, -0.15) is 0 Å². The summed E-state index contributed by atoms with van der Waals surface area (Å²) >= 11 is 1.24. The van der Waals surface area contributed by atoms with Gasteiger partial charge in [-0.1, -0.05) is 42.1 Å². The van der Waals surface area contributed by atoms with Crippen molar-refractivity contribution in [3.8, 4) is 11.4 Å². The van der Waals surface area contributed by atoms with Gasteiger partial charge in [-0.3, -0.25) is 14.2 Å². The predicted molar refractivity (Wildman–Crippen MR) is 132 cm³/mol. The number of carbonyl (C=O) groups is 2. The monoisotopic (exact) mass is 490 g/mol. The third kappa shape index (κ3) is 5.93. The molecule has 1 heterocycles. The highest BCUT2D eigenvalue weighted by atomic mass is 32.2. The molecule has 0 aliphatic heterocycles. The molecule has 0 fully saturated rings. The molecule has 7 nitrogen and oxygen atoms in total. The molecule has 1 amide bonds. The lowest BCUT2D eigenvalue weighted by molar-refractivity contribution is -0.115. The molecule has 35 heavy (non-hydrogen) atoms. The third-order valence-electron chi connectivity index (χ3n) is 5.12. The van der Waals surface area contributed by atoms with Gasteiger partial charge in [-0.25, -0.2) is 4.39 Å². The highest BCUT2D eigenvalue weighted by Gasteiger charge is 2.22. The lowest BCUT2D eigenvalue weighted by atomic mass is 10.1. The fourth-order valence-electron chi connectivity index (χ4n) is 3.25. The Hall–Kier alpha value is -3.98. The van der Waals surface area contributed by atoms with Gasteiger partial charge in [0.2, 0.25) is 5.91 Å². The zero-order chi connectivity index (χ0) is 24.8. The summed E-state index contributed by atoms with van der Waals surface area (Å²) in [5.41, 5.74) is 1.96. The van der Waals surface area contributed by atoms with Crippen molar-refractivity contribution in [2.75, 3.05) is 5.32 Å². The number of para-hydroxylation sites is 2. The Morgan fingerprint density at radius 1 is 1.00 bits per heavy atom. The zero-order valence-corrected chi connectivity index (χ0v) is 20.0. The number of aromatic nitrogens is 3. The normalized spacial score (nSPS) is 11.6. The van der Waals surface area contributed by atoms with Gasteiger partial charge in [0, 0.05) is 16.9 Å². The maximum absolute atomic E-state index is 14.0. The number of amides is 1. The Morgan fingerprint density at radius 3 is 2.37 bits per heavy atom. The summed E-state index contributed by atoms with van der Waals surface area (Å²) in [6.07, 6.45) is 0. The molecule has 0 saturated heterocycles. The average molecular weight is 491 g/mol. The smallest absolute Gasteiger partial charge is 0.237 e. The molecule has 0 saturated carbocycles. The Balaban J connectivity index is 1.51. The predicted octanol–water partition coefficient (Wildman–Crippen LogP) is 5.31. The van der Waals surface area contributed by atoms with Crippen molar-refractivity contribution in [1.29, 1.82) is 0 Å². The standard InChI is InChI=1S/C26H23FN4O3S/c1-17(32)19-12-14-20(15-13-19)28-25(33)18(2)35-26-30-29-24(31(26)21-8-4-3-5-9-21)16-34-23-11-7-6-10-22(23)27/h3-15,18H,16H2,1-2H3,(H,28,33). The van der Waals surface area contributed by atoms with Crippen LogP contribution in [0.25, 0.3) is 5.69 Å². The number of nitrogens with zero attached hydrogens (tertiary/aromatic N) is 3. The molecule has 4 aromatic rings. The lowest BCUT2D eigenvalue weighted by Gasteiger charge is -2.14. The van der Waals surface area contributed by atoms with Crippen LogP contribution in [0.5, 0.6) is 5.75 Å². The second kappa shape index (κ2) is 11.0. The topological polar surface area (TPSA) is 86.1 Å². The molecule has 0 aliphatic rings. The minimum Gasteiger partial charge on any atom is -0.483 e. The Kier molecular flexibility index (Phi) is 7.57. The molecule has 178 valence electrons. The average Bonchev–Trinajstić information content (AvgIpc) is 3.26. The summed E-state index contributed by atoms with van der Waals surface area (Å²) < 4.78 is 21.4. The summed E-state index contributed by atoms with van der Waals surface area (Å²) in [4.78, 5) is 24.3. The lowest BCUT2D eigenvalue weighted by Crippen LogP contribution is -2.23. The number of rotatable bonds is 9. The van der Waals surface area contributed by atoms with Gasteiger partial charge in [0.15, 0.2) is 28.3 Å². The first-order valence-electron chi connectivity index (χ1n) is 10.9. The number of nitrogens with one attached hydrogen (secondary N) is 1. The molecular formula is C26H23FN4O3S. The molecule has 1 N–H and O–H groups in total. The first-order chi connectivity index (χ1) is 16.9. The molecule has 0 spiro atoms. The number of ketones is 1. The van der Waals surface area contributed by atoms with Crippen molar-refractivity contribution in [3.63, 3.8) is 0 Å². The van der Waals surface area contributed by atoms with E-state index in [-0.39, 0.29) is 24.0 Å². The quantitative estimate of drug-likeness (QED) is 0.253. The van der Waals surface area contributed by atoms with E-state index in [1.165, 1.54) is 24.8 Å². The molecule has 0 radical (unpaired) electrons. The van der Waals surface area contributed by atoms with Gasteiger partial charge in [0.1, 0.15) is 6.61 Å². The fraction of sp³-hybridized carbons (Fsp3) is 0.154. The van der Waals surface area contributed by atoms with E-state index in [1.807, 2.05) is 30.3 Å². The summed E-state index contributed by atoms with van der Waals surface area (Å²) in [5.74, 6) is -0.143. The molecule has 1 aromatic heterocycles. The molecule has 4 rings (SSSR count). The zero-order valence-electron chi connectivity index (χ0n) is 19.1. The number of ether oxygens (including phenoxy) is 1. The molecule has 0 aliphatic carbocycles. The van der Waals surface area contributed by atoms with Crippen molar-refractivity contribution in [1.82, 2.24) is 14.8 Å². The molecule has 3 aromatic carbocycles. The number of hydrogen-bond acceptors (Lipinski definition) is 6. The van der Waals surface area contributed by atoms with Crippen LogP contribution in [0.2, 0.25) is 0 Å². The Bertz CT molecular complexity index is 1330. The number of anilines is 1. The minimum atomic E-state index is -0.505. The molecule has 9 heteroatoms. The summed E-state index contributed by atoms with van der Waals surface area (Å²) in [6.45, 7) is 3.25. The van der Waals surface area contributed by atoms with Crippen molar-refractivity contribution >= 4 is 29.1 Å². The van der Waals surface area contributed by atoms with Crippen LogP contribution < -0.4 is 10.1 Å². The van der Waals surface area contributed by atoms with E-state index in [1.54, 1.807) is 54.0 Å². The van der Waals surface area contributed by atoms with E-state index in [4.69, 9.17) is 4.74 Å². The van der Waals surface area contributed by atoms with E-state index in [2.05, 4.69) is 15.5 Å². The number of benzene rings is 3. The van der Waals surface area contributed by atoms with Crippen LogP contribution in [0.1, 0.15) is 30.0 Å². The second-order valence-electron chi connectivity index (χ2n) is 7.67. The van der Waals surface area contributed by atoms with E-state index in [0.717, 1.165) is 5.69 Å². The van der Waals surface area contributed by atoms with Crippen LogP contribution in [0.3, 0.4) is 0 Å². The van der Waals surface area contributed by atoms with Crippen molar-refractivity contribution in [2.45, 2.75) is 30.9 Å². The molecule has 1 atom stereocenters. The van der Waals surface area contributed by atoms with Gasteiger partial charge in [-0.15, -0.1) is 10.2 Å². The van der Waals surface area contributed by atoms with Gasteiger partial charge < -0.3 is 10.1 Å². The maximum atomic E-state index is 14.0. The van der Waals surface area contributed by atoms with E-state index in [0.29, 0.717) is 22.2 Å². The van der Waals surface area contributed by atoms with Crippen molar-refractivity contribution in [3.05, 3.63) is 96.1 Å². The Labute approximate surface area is 206 Å². The van der Waals surface area contributed by atoms with E-state index < -0.39 is 11.1 Å². The van der Waals surface area contributed by atoms with Crippen LogP contribution >= 0.6 is 11.8 Å². The summed E-state index contributed by atoms with van der Waals surface area (Å²) in [5, 5.41) is 11.4. The second-order valence-corrected chi connectivity index (χ2v) is 8.98. The number of hydrogen-bond donors (Lipinski definition) is 1. The van der Waals surface area contributed by atoms with Crippen molar-refractivity contribution in [2.24, 2.45) is 0 Å². The van der Waals surface area contributed by atoms with Crippen molar-refractivity contribution < 1.29 is 18.7 Å². The Morgan fingerprint density at radius 2 is 1.69 bits per heavy atom. The first-order valence-corrected chi connectivity index (χ1v) is 11.8. The van der Waals surface area contributed by atoms with Crippen LogP contribution in [-0.4, -0.2) is 31.7 Å². The number of carbonyl (C=O) groups excluding carboxylic acids is 2. The van der Waals surface area contributed by atoms with Crippen LogP contribution in [0.4, 0.5) is 10.1 Å². The van der Waals surface area contributed by atoms with Gasteiger partial charge >= 0.3 is 0 Å². The molecular weight excluding hydrogens is 467 g/mol. The first kappa shape index (κ1) is 24.2. The third-order valence-corrected chi connectivity index (χ3v) is 6.16. The minimum absolute atomic E-state index is 0.00748. The van der Waals surface area contributed by atoms with Gasteiger partial charge in [-0.05, 0) is 62.4 Å². The maximum Gasteiger partial charge on any atom is 0.237 e. The van der Waals surface area contributed by atoms with Gasteiger partial charge in [0.05, 0.1) is 5.25 Å². The fourth-order valence-corrected chi connectivity index (χ4v) is 4.14. The highest BCUT2D eigenvalue weighted by molar-refractivity contribution is 8.00.